The van der Waals surface area contributed by atoms with E-state index in [1.54, 1.807) is 0 Å². The molecule has 3 aliphatic heterocycles. The number of rotatable bonds is 0. The van der Waals surface area contributed by atoms with E-state index in [0.717, 1.165) is 0 Å². The molecule has 3 aliphatic rings. The van der Waals surface area contributed by atoms with Gasteiger partial charge >= 0.3 is 0 Å². The number of benzene rings is 2. The van der Waals surface area contributed by atoms with Gasteiger partial charge in [-0.3, -0.25) is 4.90 Å². The lowest BCUT2D eigenvalue weighted by Crippen LogP contribution is -2.56. The summed E-state index contributed by atoms with van der Waals surface area (Å²) in [6.45, 7) is 0. The Morgan fingerprint density at radius 2 is 1.29 bits per heavy atom. The molecule has 0 aliphatic carbocycles. The zero-order chi connectivity index (χ0) is 13.8. The largest absolute Gasteiger partial charge is 0.353 e. The monoisotopic (exact) mass is 277 g/mol. The van der Waals surface area contributed by atoms with Crippen LogP contribution in [0.4, 0.5) is 11.4 Å². The van der Waals surface area contributed by atoms with Crippen molar-refractivity contribution < 1.29 is 0 Å². The molecule has 3 heteroatoms. The van der Waals surface area contributed by atoms with Gasteiger partial charge in [-0.2, -0.15) is 0 Å². The average molecular weight is 277 g/mol. The summed E-state index contributed by atoms with van der Waals surface area (Å²) in [5, 5.41) is 7.37. The van der Waals surface area contributed by atoms with E-state index in [4.69, 9.17) is 0 Å². The third-order valence-electron chi connectivity index (χ3n) is 5.20. The van der Waals surface area contributed by atoms with Crippen LogP contribution in [0.3, 0.4) is 0 Å². The van der Waals surface area contributed by atoms with E-state index in [0.29, 0.717) is 12.1 Å². The maximum absolute atomic E-state index is 3.68. The van der Waals surface area contributed by atoms with Crippen molar-refractivity contribution in [2.45, 2.75) is 37.6 Å². The Balaban J connectivity index is 1.66. The molecule has 3 heterocycles. The van der Waals surface area contributed by atoms with E-state index >= 15 is 0 Å². The van der Waals surface area contributed by atoms with Crippen molar-refractivity contribution in [1.29, 1.82) is 0 Å². The molecule has 2 unspecified atom stereocenters. The Kier molecular flexibility index (Phi) is 2.35. The van der Waals surface area contributed by atoms with Gasteiger partial charge in [-0.15, -0.1) is 0 Å². The normalized spacial score (nSPS) is 29.4. The Labute approximate surface area is 125 Å². The molecule has 5 rings (SSSR count). The molecule has 0 spiro atoms. The number of hydrogen-bond donors (Lipinski definition) is 2. The van der Waals surface area contributed by atoms with E-state index in [-0.39, 0.29) is 6.29 Å². The Morgan fingerprint density at radius 1 is 0.762 bits per heavy atom. The van der Waals surface area contributed by atoms with E-state index in [9.17, 15) is 0 Å². The number of anilines is 2. The fourth-order valence-corrected chi connectivity index (χ4v) is 4.33. The quantitative estimate of drug-likeness (QED) is 0.759. The summed E-state index contributed by atoms with van der Waals surface area (Å²) in [6, 6.07) is 18.6. The molecule has 0 bridgehead atoms. The second kappa shape index (κ2) is 4.25. The first-order valence-electron chi connectivity index (χ1n) is 7.90. The molecule has 2 aromatic carbocycles. The van der Waals surface area contributed by atoms with Crippen LogP contribution >= 0.6 is 0 Å². The van der Waals surface area contributed by atoms with Crippen LogP contribution in [-0.2, 0) is 0 Å². The molecule has 0 amide bonds. The lowest BCUT2D eigenvalue weighted by Gasteiger charge is -2.54. The molecule has 1 fully saturated rings. The van der Waals surface area contributed by atoms with Gasteiger partial charge < -0.3 is 10.6 Å². The van der Waals surface area contributed by atoms with Crippen molar-refractivity contribution in [1.82, 2.24) is 4.90 Å². The van der Waals surface area contributed by atoms with Gasteiger partial charge in [0, 0.05) is 23.5 Å². The lowest BCUT2D eigenvalue weighted by atomic mass is 9.84. The van der Waals surface area contributed by atoms with Crippen LogP contribution < -0.4 is 10.6 Å². The summed E-state index contributed by atoms with van der Waals surface area (Å²) in [6.07, 6.45) is 4.04. The highest BCUT2D eigenvalue weighted by Crippen LogP contribution is 2.50. The van der Waals surface area contributed by atoms with Crippen molar-refractivity contribution in [3.8, 4) is 0 Å². The molecule has 2 aromatic rings. The van der Waals surface area contributed by atoms with Crippen molar-refractivity contribution >= 4 is 11.4 Å². The maximum atomic E-state index is 3.68. The van der Waals surface area contributed by atoms with Crippen LogP contribution in [0.25, 0.3) is 0 Å². The molecule has 0 radical (unpaired) electrons. The smallest absolute Gasteiger partial charge is 0.156 e. The molecular weight excluding hydrogens is 258 g/mol. The number of para-hydroxylation sites is 2. The van der Waals surface area contributed by atoms with Crippen molar-refractivity contribution in [2.75, 3.05) is 10.6 Å². The minimum absolute atomic E-state index is 0.213. The van der Waals surface area contributed by atoms with Crippen LogP contribution in [0, 0.1) is 0 Å². The summed E-state index contributed by atoms with van der Waals surface area (Å²) >= 11 is 0. The van der Waals surface area contributed by atoms with Crippen molar-refractivity contribution in [3.63, 3.8) is 0 Å². The molecule has 0 aromatic heterocycles. The van der Waals surface area contributed by atoms with E-state index in [1.807, 2.05) is 0 Å². The number of fused-ring (bicyclic) bond motifs is 4. The Morgan fingerprint density at radius 3 is 1.86 bits per heavy atom. The summed E-state index contributed by atoms with van der Waals surface area (Å²) in [5.41, 5.74) is 5.49. The first kappa shape index (κ1) is 11.6. The highest BCUT2D eigenvalue weighted by molar-refractivity contribution is 5.62. The van der Waals surface area contributed by atoms with Crippen LogP contribution in [0.2, 0.25) is 0 Å². The summed E-state index contributed by atoms with van der Waals surface area (Å²) < 4.78 is 0. The second-order valence-corrected chi connectivity index (χ2v) is 6.28. The van der Waals surface area contributed by atoms with Gasteiger partial charge in [-0.05, 0) is 42.5 Å². The second-order valence-electron chi connectivity index (χ2n) is 6.28. The van der Waals surface area contributed by atoms with Gasteiger partial charge in [0.2, 0.25) is 0 Å². The first-order chi connectivity index (χ1) is 10.4. The van der Waals surface area contributed by atoms with Gasteiger partial charge in [-0.1, -0.05) is 36.4 Å². The van der Waals surface area contributed by atoms with Crippen molar-refractivity contribution in [2.24, 2.45) is 0 Å². The van der Waals surface area contributed by atoms with Crippen LogP contribution in [-0.4, -0.2) is 11.2 Å². The minimum Gasteiger partial charge on any atom is -0.353 e. The van der Waals surface area contributed by atoms with Gasteiger partial charge in [0.1, 0.15) is 0 Å². The number of piperidine rings is 1. The molecule has 2 N–H and O–H groups in total. The standard InChI is InChI=1S/C18H19N3/c1-3-8-14-12(6-1)16-10-5-11-17-13-7-2-4-9-15(13)20-18(19-14)21(16)17/h1-4,6-9,16-20H,5,10-11H2. The van der Waals surface area contributed by atoms with Gasteiger partial charge in [0.15, 0.2) is 6.29 Å². The third-order valence-corrected chi connectivity index (χ3v) is 5.20. The number of nitrogens with zero attached hydrogens (tertiary/aromatic N) is 1. The highest BCUT2D eigenvalue weighted by atomic mass is 15.4. The molecule has 106 valence electrons. The lowest BCUT2D eigenvalue weighted by molar-refractivity contribution is 0.0444. The van der Waals surface area contributed by atoms with Crippen LogP contribution in [0.15, 0.2) is 48.5 Å². The predicted molar refractivity (Wildman–Crippen MR) is 85.1 cm³/mol. The molecular formula is C18H19N3. The minimum atomic E-state index is 0.213. The molecule has 2 atom stereocenters. The average Bonchev–Trinajstić information content (AvgIpc) is 2.55. The fraction of sp³-hybridized carbons (Fsp3) is 0.333. The number of nitrogens with one attached hydrogen (secondary N) is 2. The molecule has 1 saturated heterocycles. The SMILES string of the molecule is c1ccc2c(c1)NC1Nc3ccccc3C3CCCC2N13. The maximum Gasteiger partial charge on any atom is 0.156 e. The third kappa shape index (κ3) is 1.58. The first-order valence-corrected chi connectivity index (χ1v) is 7.90. The summed E-state index contributed by atoms with van der Waals surface area (Å²) in [4.78, 5) is 2.65. The number of hydrogen-bond acceptors (Lipinski definition) is 3. The van der Waals surface area contributed by atoms with Crippen LogP contribution in [0.1, 0.15) is 42.5 Å². The predicted octanol–water partition coefficient (Wildman–Crippen LogP) is 4.09. The highest BCUT2D eigenvalue weighted by Gasteiger charge is 2.44. The van der Waals surface area contributed by atoms with E-state index in [2.05, 4.69) is 64.1 Å². The summed E-state index contributed by atoms with van der Waals surface area (Å²) in [7, 11) is 0. The van der Waals surface area contributed by atoms with Gasteiger partial charge in [0.25, 0.3) is 0 Å². The van der Waals surface area contributed by atoms with Crippen molar-refractivity contribution in [3.05, 3.63) is 59.7 Å². The Hall–Kier alpha value is -2.00. The van der Waals surface area contributed by atoms with Gasteiger partial charge in [0.05, 0.1) is 0 Å². The summed E-state index contributed by atoms with van der Waals surface area (Å²) in [5.74, 6) is 0. The van der Waals surface area contributed by atoms with E-state index < -0.39 is 0 Å². The fourth-order valence-electron chi connectivity index (χ4n) is 4.33. The van der Waals surface area contributed by atoms with E-state index in [1.165, 1.54) is 41.8 Å². The molecule has 3 nitrogen and oxygen atoms in total. The zero-order valence-corrected chi connectivity index (χ0v) is 11.9. The zero-order valence-electron chi connectivity index (χ0n) is 11.9. The van der Waals surface area contributed by atoms with Gasteiger partial charge in [-0.25, -0.2) is 0 Å². The topological polar surface area (TPSA) is 27.3 Å². The van der Waals surface area contributed by atoms with Crippen LogP contribution in [0.5, 0.6) is 0 Å². The molecule has 21 heavy (non-hydrogen) atoms. The molecule has 0 saturated carbocycles. The Bertz CT molecular complexity index is 639.